The van der Waals surface area contributed by atoms with E-state index in [-0.39, 0.29) is 45.6 Å². The van der Waals surface area contributed by atoms with Crippen LogP contribution >= 0.6 is 7.60 Å². The molecule has 0 amide bonds. The summed E-state index contributed by atoms with van der Waals surface area (Å²) in [6, 6.07) is 8.15. The zero-order chi connectivity index (χ0) is 56.7. The van der Waals surface area contributed by atoms with E-state index in [0.717, 1.165) is 0 Å². The number of aryl methyl sites for hydroxylation is 1. The predicted molar refractivity (Wildman–Crippen MR) is 269 cm³/mol. The van der Waals surface area contributed by atoms with Gasteiger partial charge in [0.05, 0.1) is 156 Å². The number of rotatable bonds is 39. The van der Waals surface area contributed by atoms with E-state index in [1.165, 1.54) is 4.68 Å². The third-order valence-electron chi connectivity index (χ3n) is 11.6. The summed E-state index contributed by atoms with van der Waals surface area (Å²) in [5.74, 6) is -3.21. The summed E-state index contributed by atoms with van der Waals surface area (Å²) in [6.07, 6.45) is -2.88. The number of fused-ring (bicyclic) bond motifs is 1. The number of carbonyl (C=O) groups is 1. The largest absolute Gasteiger partial charge is 0.491 e. The van der Waals surface area contributed by atoms with Gasteiger partial charge in [0.25, 0.3) is 0 Å². The number of esters is 1. The van der Waals surface area contributed by atoms with Gasteiger partial charge in [0.2, 0.25) is 5.75 Å². The normalized spacial score (nSPS) is 17.6. The molecule has 2 saturated heterocycles. The number of anilines is 1. The maximum Gasteiger partial charge on any atom is 0.350 e. The summed E-state index contributed by atoms with van der Waals surface area (Å²) in [4.78, 5) is 41.0. The van der Waals surface area contributed by atoms with Crippen molar-refractivity contribution in [3.63, 3.8) is 0 Å². The highest BCUT2D eigenvalue weighted by atomic mass is 31.2. The highest BCUT2D eigenvalue weighted by Crippen LogP contribution is 2.37. The number of carbonyl (C=O) groups excluding carboxylic acids is 1. The first-order valence-corrected chi connectivity index (χ1v) is 27.4. The standard InChI is InChI=1S/C49H66F3N8O19P/c1-33-54-47(39-26-53-60(48(39)55-33)49-45(63)44(62)42(78-49)31-75-32-80(64,65)66)58-28-38(29-58)77-37-4-2-36(3-5-37)76-23-22-73-19-18-71-16-17-72-20-21-74-30-35-27-59(57-56-35)7-9-68-11-13-70-15-14-69-12-10-67-8-6-43(61)79-46-40(51)24-34(50)25-41(46)52/h2-5,24-27,38,42,44-45,49,62-63H,6-23,28-32H2,1H3,(H2,64,65,66)/t42-,44-,45-,49-/m1/s1. The fourth-order valence-electron chi connectivity index (χ4n) is 7.73. The van der Waals surface area contributed by atoms with Gasteiger partial charge in [0.1, 0.15) is 72.0 Å². The zero-order valence-corrected chi connectivity index (χ0v) is 44.7. The van der Waals surface area contributed by atoms with Crippen LogP contribution in [0, 0.1) is 24.4 Å². The molecular formula is C49H66F3N8O19P. The van der Waals surface area contributed by atoms with Crippen LogP contribution in [-0.2, 0) is 69.9 Å². The molecule has 2 aromatic carbocycles. The van der Waals surface area contributed by atoms with Gasteiger partial charge in [-0.2, -0.15) is 5.10 Å². The summed E-state index contributed by atoms with van der Waals surface area (Å²) < 4.78 is 126. The number of benzene rings is 2. The smallest absolute Gasteiger partial charge is 0.350 e. The Morgan fingerprint density at radius 2 is 1.31 bits per heavy atom. The van der Waals surface area contributed by atoms with Crippen molar-refractivity contribution < 1.29 is 104 Å². The maximum absolute atomic E-state index is 13.6. The molecule has 0 unspecified atom stereocenters. The van der Waals surface area contributed by atoms with E-state index in [2.05, 4.69) is 30.1 Å². The first kappa shape index (κ1) is 62.1. The molecule has 0 bridgehead atoms. The van der Waals surface area contributed by atoms with Crippen LogP contribution in [0.15, 0.2) is 48.8 Å². The lowest BCUT2D eigenvalue weighted by Gasteiger charge is -2.40. The minimum Gasteiger partial charge on any atom is -0.491 e. The molecule has 2 fully saturated rings. The average Bonchev–Trinajstić information content (AvgIpc) is 4.15. The summed E-state index contributed by atoms with van der Waals surface area (Å²) in [5, 5.41) is 34.5. The number of ether oxygens (including phenoxy) is 13. The Balaban J connectivity index is 0.621. The Hall–Kier alpha value is -5.54. The second kappa shape index (κ2) is 32.2. The number of aromatic nitrogens is 7. The van der Waals surface area contributed by atoms with E-state index in [1.54, 1.807) is 24.0 Å². The van der Waals surface area contributed by atoms with Gasteiger partial charge < -0.3 is 86.5 Å². The molecule has 31 heteroatoms. The lowest BCUT2D eigenvalue weighted by atomic mass is 10.1. The summed E-state index contributed by atoms with van der Waals surface area (Å²) >= 11 is 0. The van der Waals surface area contributed by atoms with Gasteiger partial charge in [-0.05, 0) is 31.2 Å². The highest BCUT2D eigenvalue weighted by molar-refractivity contribution is 7.51. The van der Waals surface area contributed by atoms with Crippen molar-refractivity contribution in [2.24, 2.45) is 0 Å². The highest BCUT2D eigenvalue weighted by Gasteiger charge is 2.45. The van der Waals surface area contributed by atoms with Crippen molar-refractivity contribution in [1.29, 1.82) is 0 Å². The Kier molecular flexibility index (Phi) is 25.0. The molecule has 4 atom stereocenters. The van der Waals surface area contributed by atoms with Crippen molar-refractivity contribution in [1.82, 2.24) is 34.7 Å². The minimum absolute atomic E-state index is 0.0561. The van der Waals surface area contributed by atoms with Gasteiger partial charge in [-0.3, -0.25) is 9.36 Å². The van der Waals surface area contributed by atoms with Gasteiger partial charge >= 0.3 is 13.6 Å². The van der Waals surface area contributed by atoms with Gasteiger partial charge in [-0.15, -0.1) is 5.10 Å². The fraction of sp³-hybridized carbons (Fsp3) is 0.592. The maximum atomic E-state index is 13.6. The number of aliphatic hydroxyl groups excluding tert-OH is 2. The van der Waals surface area contributed by atoms with E-state index in [1.807, 2.05) is 29.2 Å². The summed E-state index contributed by atoms with van der Waals surface area (Å²) in [6.45, 7) is 8.50. The molecule has 7 rings (SSSR count). The summed E-state index contributed by atoms with van der Waals surface area (Å²) in [7, 11) is -4.42. The number of aliphatic hydroxyl groups is 2. The minimum atomic E-state index is -4.42. The van der Waals surface area contributed by atoms with Crippen LogP contribution in [0.3, 0.4) is 0 Å². The molecule has 3 aromatic heterocycles. The molecule has 0 aliphatic carbocycles. The summed E-state index contributed by atoms with van der Waals surface area (Å²) in [5.41, 5.74) is 1.05. The monoisotopic (exact) mass is 1160 g/mol. The lowest BCUT2D eigenvalue weighted by Crippen LogP contribution is -2.54. The molecule has 5 aromatic rings. The molecule has 27 nitrogen and oxygen atoms in total. The average molecular weight is 1160 g/mol. The van der Waals surface area contributed by atoms with Crippen molar-refractivity contribution in [3.05, 3.63) is 77.8 Å². The first-order valence-electron chi connectivity index (χ1n) is 25.6. The second-order valence-corrected chi connectivity index (χ2v) is 19.4. The quantitative estimate of drug-likeness (QED) is 0.0189. The van der Waals surface area contributed by atoms with Gasteiger partial charge in [0.15, 0.2) is 23.5 Å². The number of hydrogen-bond donors (Lipinski definition) is 4. The zero-order valence-electron chi connectivity index (χ0n) is 43.8. The Bertz CT molecular complexity index is 2680. The molecule has 5 heterocycles. The van der Waals surface area contributed by atoms with Crippen LogP contribution in [0.25, 0.3) is 11.0 Å². The number of hydrogen-bond acceptors (Lipinski definition) is 23. The second-order valence-electron chi connectivity index (χ2n) is 17.8. The van der Waals surface area contributed by atoms with E-state index in [4.69, 9.17) is 66.6 Å². The van der Waals surface area contributed by atoms with Crippen LogP contribution < -0.4 is 19.1 Å². The Labute approximate surface area is 457 Å². The first-order chi connectivity index (χ1) is 38.7. The van der Waals surface area contributed by atoms with Gasteiger partial charge in [-0.1, -0.05) is 5.21 Å². The van der Waals surface area contributed by atoms with Gasteiger partial charge in [0, 0.05) is 12.1 Å². The molecule has 4 N–H and O–H groups in total. The third kappa shape index (κ3) is 20.2. The van der Waals surface area contributed by atoms with Crippen molar-refractivity contribution in [2.45, 2.75) is 57.1 Å². The van der Waals surface area contributed by atoms with E-state index in [0.29, 0.717) is 158 Å². The Morgan fingerprint density at radius 1 is 0.738 bits per heavy atom. The fourth-order valence-corrected chi connectivity index (χ4v) is 8.07. The molecule has 0 spiro atoms. The predicted octanol–water partition coefficient (Wildman–Crippen LogP) is 1.89. The van der Waals surface area contributed by atoms with E-state index in [9.17, 15) is 32.7 Å². The number of halogens is 3. The molecular weight excluding hydrogens is 1090 g/mol. The molecule has 0 radical (unpaired) electrons. The van der Waals surface area contributed by atoms with Crippen LogP contribution in [0.2, 0.25) is 0 Å². The molecule has 442 valence electrons. The van der Waals surface area contributed by atoms with Crippen LogP contribution in [-0.4, -0.2) is 217 Å². The lowest BCUT2D eigenvalue weighted by molar-refractivity contribution is -0.136. The molecule has 2 aliphatic heterocycles. The van der Waals surface area contributed by atoms with E-state index < -0.39 is 67.7 Å². The van der Waals surface area contributed by atoms with Crippen molar-refractivity contribution >= 4 is 30.4 Å². The van der Waals surface area contributed by atoms with Crippen molar-refractivity contribution in [2.75, 3.05) is 137 Å². The topological polar surface area (TPSA) is 313 Å². The van der Waals surface area contributed by atoms with Crippen molar-refractivity contribution in [3.8, 4) is 17.2 Å². The number of nitrogens with zero attached hydrogens (tertiary/aromatic N) is 8. The van der Waals surface area contributed by atoms with Crippen LogP contribution in [0.1, 0.15) is 24.2 Å². The molecule has 2 aliphatic rings. The third-order valence-corrected chi connectivity index (χ3v) is 12.1. The molecule has 0 saturated carbocycles. The van der Waals surface area contributed by atoms with Crippen LogP contribution in [0.5, 0.6) is 17.2 Å². The molecule has 80 heavy (non-hydrogen) atoms. The SMILES string of the molecule is Cc1nc(N2CC(Oc3ccc(OCCOCCOCCOCCOCc4cn(CCOCCOCCOCCOCCC(=O)Oc5c(F)cc(F)cc5F)nn4)cc3)C2)c2cnn([C@@H]3O[C@H](COCP(=O)(O)O)[C@@H](O)[C@H]3O)c2n1. The Morgan fingerprint density at radius 3 is 1.94 bits per heavy atom. The van der Waals surface area contributed by atoms with Crippen LogP contribution in [0.4, 0.5) is 19.0 Å². The van der Waals surface area contributed by atoms with Gasteiger partial charge in [-0.25, -0.2) is 32.5 Å². The van der Waals surface area contributed by atoms with E-state index >= 15 is 0 Å².